The number of rotatable bonds is 6. The Balaban J connectivity index is 1.94. The molecule has 2 aromatic rings. The molecule has 0 spiro atoms. The van der Waals surface area contributed by atoms with Crippen LogP contribution in [0.5, 0.6) is 0 Å². The van der Waals surface area contributed by atoms with Crippen molar-refractivity contribution in [2.45, 2.75) is 6.42 Å². The standard InChI is InChI=1S/C19H17ClN4O3/c1-24(12-18(26)23-16-5-3-2-4-15(16)20)19(27)13-6-8-14(9-7-13)22-17(25)10-11-21/h2-9H,10,12H2,1H3,(H,22,25)(H,23,26). The van der Waals surface area contributed by atoms with Gasteiger partial charge in [0.05, 0.1) is 23.3 Å². The number of nitrogens with one attached hydrogen (secondary N) is 2. The van der Waals surface area contributed by atoms with Crippen molar-refractivity contribution in [1.29, 1.82) is 5.26 Å². The number of amides is 3. The fourth-order valence-electron chi connectivity index (χ4n) is 2.23. The highest BCUT2D eigenvalue weighted by Gasteiger charge is 2.16. The molecule has 0 aliphatic rings. The molecule has 0 bridgehead atoms. The van der Waals surface area contributed by atoms with Crippen molar-refractivity contribution in [2.24, 2.45) is 0 Å². The zero-order valence-electron chi connectivity index (χ0n) is 14.5. The summed E-state index contributed by atoms with van der Waals surface area (Å²) in [7, 11) is 1.51. The molecule has 0 atom stereocenters. The lowest BCUT2D eigenvalue weighted by Crippen LogP contribution is -2.35. The Morgan fingerprint density at radius 1 is 1.04 bits per heavy atom. The number of likely N-dealkylation sites (N-methyl/N-ethyl adjacent to an activating group) is 1. The van der Waals surface area contributed by atoms with E-state index in [4.69, 9.17) is 16.9 Å². The molecular weight excluding hydrogens is 368 g/mol. The van der Waals surface area contributed by atoms with E-state index >= 15 is 0 Å². The Hall–Kier alpha value is -3.37. The highest BCUT2D eigenvalue weighted by atomic mass is 35.5. The Morgan fingerprint density at radius 3 is 2.33 bits per heavy atom. The van der Waals surface area contributed by atoms with Crippen LogP contribution in [0.2, 0.25) is 5.02 Å². The van der Waals surface area contributed by atoms with Crippen molar-refractivity contribution in [3.8, 4) is 6.07 Å². The van der Waals surface area contributed by atoms with Crippen LogP contribution in [0.15, 0.2) is 48.5 Å². The molecular formula is C19H17ClN4O3. The van der Waals surface area contributed by atoms with Gasteiger partial charge in [-0.2, -0.15) is 5.26 Å². The number of hydrogen-bond donors (Lipinski definition) is 2. The van der Waals surface area contributed by atoms with E-state index in [0.29, 0.717) is 22.0 Å². The zero-order chi connectivity index (χ0) is 19.8. The largest absolute Gasteiger partial charge is 0.332 e. The molecule has 0 aliphatic heterocycles. The van der Waals surface area contributed by atoms with E-state index in [2.05, 4.69) is 10.6 Å². The lowest BCUT2D eigenvalue weighted by molar-refractivity contribution is -0.117. The summed E-state index contributed by atoms with van der Waals surface area (Å²) in [6.45, 7) is -0.148. The van der Waals surface area contributed by atoms with Gasteiger partial charge >= 0.3 is 0 Å². The first-order chi connectivity index (χ1) is 12.9. The lowest BCUT2D eigenvalue weighted by atomic mass is 10.2. The van der Waals surface area contributed by atoms with Gasteiger partial charge in [0.25, 0.3) is 5.91 Å². The maximum Gasteiger partial charge on any atom is 0.254 e. The van der Waals surface area contributed by atoms with E-state index in [9.17, 15) is 14.4 Å². The first-order valence-electron chi connectivity index (χ1n) is 7.97. The maximum absolute atomic E-state index is 12.4. The average Bonchev–Trinajstić information content (AvgIpc) is 2.63. The van der Waals surface area contributed by atoms with Crippen LogP contribution in [-0.2, 0) is 9.59 Å². The highest BCUT2D eigenvalue weighted by molar-refractivity contribution is 6.33. The van der Waals surface area contributed by atoms with Crippen molar-refractivity contribution < 1.29 is 14.4 Å². The third kappa shape index (κ3) is 5.83. The molecule has 0 unspecified atom stereocenters. The van der Waals surface area contributed by atoms with Crippen molar-refractivity contribution in [1.82, 2.24) is 4.90 Å². The van der Waals surface area contributed by atoms with Crippen molar-refractivity contribution in [3.05, 3.63) is 59.1 Å². The molecule has 0 heterocycles. The lowest BCUT2D eigenvalue weighted by Gasteiger charge is -2.17. The SMILES string of the molecule is CN(CC(=O)Nc1ccccc1Cl)C(=O)c1ccc(NC(=O)CC#N)cc1. The smallest absolute Gasteiger partial charge is 0.254 e. The van der Waals surface area contributed by atoms with Crippen LogP contribution >= 0.6 is 11.6 Å². The van der Waals surface area contributed by atoms with E-state index in [1.165, 1.54) is 24.1 Å². The van der Waals surface area contributed by atoms with Gasteiger partial charge in [-0.3, -0.25) is 14.4 Å². The second kappa shape index (κ2) is 9.36. The summed E-state index contributed by atoms with van der Waals surface area (Å²) < 4.78 is 0. The second-order valence-corrected chi connectivity index (χ2v) is 6.06. The minimum atomic E-state index is -0.426. The van der Waals surface area contributed by atoms with E-state index in [-0.39, 0.29) is 24.8 Å². The third-order valence-corrected chi connectivity index (χ3v) is 3.86. The number of nitriles is 1. The van der Waals surface area contributed by atoms with E-state index in [0.717, 1.165) is 0 Å². The molecule has 0 fully saturated rings. The molecule has 0 radical (unpaired) electrons. The molecule has 2 aromatic carbocycles. The average molecular weight is 385 g/mol. The number of carbonyl (C=O) groups excluding carboxylic acids is 3. The molecule has 0 aromatic heterocycles. The topological polar surface area (TPSA) is 102 Å². The van der Waals surface area contributed by atoms with Crippen LogP contribution < -0.4 is 10.6 Å². The van der Waals surface area contributed by atoms with Crippen LogP contribution in [0.25, 0.3) is 0 Å². The fourth-order valence-corrected chi connectivity index (χ4v) is 2.42. The summed E-state index contributed by atoms with van der Waals surface area (Å²) in [6, 6.07) is 14.7. The predicted molar refractivity (Wildman–Crippen MR) is 102 cm³/mol. The number of para-hydroxylation sites is 1. The highest BCUT2D eigenvalue weighted by Crippen LogP contribution is 2.20. The normalized spacial score (nSPS) is 9.81. The molecule has 0 saturated heterocycles. The quantitative estimate of drug-likeness (QED) is 0.799. The van der Waals surface area contributed by atoms with Gasteiger partial charge in [-0.1, -0.05) is 23.7 Å². The Bertz CT molecular complexity index is 891. The molecule has 138 valence electrons. The number of halogens is 1. The Morgan fingerprint density at radius 2 is 1.70 bits per heavy atom. The number of hydrogen-bond acceptors (Lipinski definition) is 4. The Kier molecular flexibility index (Phi) is 6.92. The summed E-state index contributed by atoms with van der Waals surface area (Å²) in [5.41, 5.74) is 1.31. The van der Waals surface area contributed by atoms with Gasteiger partial charge < -0.3 is 15.5 Å². The summed E-state index contributed by atoms with van der Waals surface area (Å²) in [6.07, 6.45) is -0.246. The van der Waals surface area contributed by atoms with Crippen molar-refractivity contribution >= 4 is 40.7 Å². The van der Waals surface area contributed by atoms with Crippen molar-refractivity contribution in [3.63, 3.8) is 0 Å². The van der Waals surface area contributed by atoms with Crippen LogP contribution in [0, 0.1) is 11.3 Å². The van der Waals surface area contributed by atoms with Crippen LogP contribution in [0.4, 0.5) is 11.4 Å². The first-order valence-corrected chi connectivity index (χ1v) is 8.35. The van der Waals surface area contributed by atoms with Gasteiger partial charge in [0.2, 0.25) is 11.8 Å². The minimum absolute atomic E-state index is 0.148. The number of nitrogens with zero attached hydrogens (tertiary/aromatic N) is 2. The van der Waals surface area contributed by atoms with Crippen molar-refractivity contribution in [2.75, 3.05) is 24.2 Å². The van der Waals surface area contributed by atoms with Gasteiger partial charge in [-0.15, -0.1) is 0 Å². The zero-order valence-corrected chi connectivity index (χ0v) is 15.3. The van der Waals surface area contributed by atoms with E-state index in [1.807, 2.05) is 0 Å². The molecule has 2 N–H and O–H groups in total. The summed E-state index contributed by atoms with van der Waals surface area (Å²) in [5.74, 6) is -1.15. The molecule has 0 aliphatic carbocycles. The molecule has 3 amide bonds. The maximum atomic E-state index is 12.4. The van der Waals surface area contributed by atoms with E-state index in [1.54, 1.807) is 42.5 Å². The van der Waals surface area contributed by atoms with Crippen LogP contribution in [0.3, 0.4) is 0 Å². The van der Waals surface area contributed by atoms with Crippen LogP contribution in [0.1, 0.15) is 16.8 Å². The number of anilines is 2. The molecule has 27 heavy (non-hydrogen) atoms. The second-order valence-electron chi connectivity index (χ2n) is 5.65. The molecule has 7 nitrogen and oxygen atoms in total. The molecule has 8 heteroatoms. The van der Waals surface area contributed by atoms with Gasteiger partial charge in [0, 0.05) is 18.3 Å². The summed E-state index contributed by atoms with van der Waals surface area (Å²) in [4.78, 5) is 37.2. The van der Waals surface area contributed by atoms with Gasteiger partial charge in [-0.25, -0.2) is 0 Å². The third-order valence-electron chi connectivity index (χ3n) is 3.53. The fraction of sp³-hybridized carbons (Fsp3) is 0.158. The Labute approximate surface area is 161 Å². The minimum Gasteiger partial charge on any atom is -0.332 e. The molecule has 0 saturated carbocycles. The summed E-state index contributed by atoms with van der Waals surface area (Å²) in [5, 5.41) is 14.1. The first kappa shape index (κ1) is 19.9. The molecule has 2 rings (SSSR count). The van der Waals surface area contributed by atoms with Gasteiger partial charge in [0.1, 0.15) is 6.42 Å². The predicted octanol–water partition coefficient (Wildman–Crippen LogP) is 2.90. The van der Waals surface area contributed by atoms with Gasteiger partial charge in [0.15, 0.2) is 0 Å². The van der Waals surface area contributed by atoms with Gasteiger partial charge in [-0.05, 0) is 36.4 Å². The van der Waals surface area contributed by atoms with E-state index < -0.39 is 5.91 Å². The van der Waals surface area contributed by atoms with Crippen LogP contribution in [-0.4, -0.2) is 36.2 Å². The monoisotopic (exact) mass is 384 g/mol. The number of benzene rings is 2. The number of carbonyl (C=O) groups is 3. The summed E-state index contributed by atoms with van der Waals surface area (Å²) >= 11 is 5.99.